The molecule has 1 aliphatic carbocycles. The van der Waals surface area contributed by atoms with Crippen LogP contribution in [-0.2, 0) is 4.74 Å². The summed E-state index contributed by atoms with van der Waals surface area (Å²) in [5, 5.41) is 10.2. The molecule has 0 amide bonds. The number of β-amino-alcohol motifs (C(OH)–C–C–N with tert-alkyl or cyclic N) is 1. The molecule has 1 aromatic rings. The molecule has 134 valence electrons. The molecule has 3 atom stereocenters. The van der Waals surface area contributed by atoms with Crippen molar-refractivity contribution in [2.75, 3.05) is 44.2 Å². The van der Waals surface area contributed by atoms with Crippen molar-refractivity contribution in [3.63, 3.8) is 0 Å². The van der Waals surface area contributed by atoms with Gasteiger partial charge in [0.1, 0.15) is 5.82 Å². The number of nitrogens with zero attached hydrogens (tertiary/aromatic N) is 2. The second-order valence-corrected chi connectivity index (χ2v) is 7.20. The molecule has 3 rings (SSSR count). The molecule has 1 aliphatic heterocycles. The number of anilines is 1. The van der Waals surface area contributed by atoms with Crippen molar-refractivity contribution in [1.29, 1.82) is 0 Å². The van der Waals surface area contributed by atoms with Crippen molar-refractivity contribution in [1.82, 2.24) is 4.90 Å². The molecule has 5 heteroatoms. The van der Waals surface area contributed by atoms with Gasteiger partial charge in [0.2, 0.25) is 0 Å². The number of piperazine rings is 1. The van der Waals surface area contributed by atoms with Gasteiger partial charge in [0.05, 0.1) is 18.8 Å². The van der Waals surface area contributed by atoms with Crippen LogP contribution in [0.1, 0.15) is 26.2 Å². The van der Waals surface area contributed by atoms with Crippen LogP contribution in [0.15, 0.2) is 24.3 Å². The fraction of sp³-hybridized carbons (Fsp3) is 0.684. The van der Waals surface area contributed by atoms with Gasteiger partial charge >= 0.3 is 0 Å². The smallest absolute Gasteiger partial charge is 0.123 e. The summed E-state index contributed by atoms with van der Waals surface area (Å²) in [6, 6.07) is 6.67. The molecular weight excluding hydrogens is 307 g/mol. The van der Waals surface area contributed by atoms with Crippen LogP contribution in [-0.4, -0.2) is 61.5 Å². The number of hydrogen-bond acceptors (Lipinski definition) is 4. The Bertz CT molecular complexity index is 503. The van der Waals surface area contributed by atoms with E-state index in [0.29, 0.717) is 25.2 Å². The molecule has 0 unspecified atom stereocenters. The molecule has 0 aromatic heterocycles. The Kier molecular flexibility index (Phi) is 6.09. The normalized spacial score (nSPS) is 26.7. The summed E-state index contributed by atoms with van der Waals surface area (Å²) in [7, 11) is 0. The van der Waals surface area contributed by atoms with Gasteiger partial charge in [0.25, 0.3) is 0 Å². The van der Waals surface area contributed by atoms with Gasteiger partial charge in [-0.25, -0.2) is 4.39 Å². The van der Waals surface area contributed by atoms with Gasteiger partial charge in [-0.15, -0.1) is 0 Å². The van der Waals surface area contributed by atoms with E-state index in [1.54, 1.807) is 0 Å². The number of aliphatic hydroxyl groups excluding tert-OH is 1. The summed E-state index contributed by atoms with van der Waals surface area (Å²) >= 11 is 0. The molecule has 2 fully saturated rings. The van der Waals surface area contributed by atoms with Crippen molar-refractivity contribution in [3.05, 3.63) is 30.1 Å². The SMILES string of the molecule is C[C@@H]1CCC[C@@H]1OC[C@H](O)CN1CCN(c2ccc(F)cc2)CC1. The molecule has 2 aliphatic rings. The summed E-state index contributed by atoms with van der Waals surface area (Å²) in [6.07, 6.45) is 3.52. The lowest BCUT2D eigenvalue weighted by atomic mass is 10.1. The fourth-order valence-electron chi connectivity index (χ4n) is 3.78. The van der Waals surface area contributed by atoms with Crippen LogP contribution < -0.4 is 4.90 Å². The minimum Gasteiger partial charge on any atom is -0.389 e. The molecule has 1 saturated carbocycles. The van der Waals surface area contributed by atoms with E-state index in [1.165, 1.54) is 25.0 Å². The monoisotopic (exact) mass is 336 g/mol. The summed E-state index contributed by atoms with van der Waals surface area (Å²) in [4.78, 5) is 4.55. The summed E-state index contributed by atoms with van der Waals surface area (Å²) < 4.78 is 18.9. The standard InChI is InChI=1S/C19H29FN2O2/c1-15-3-2-4-19(15)24-14-18(23)13-21-9-11-22(12-10-21)17-7-5-16(20)6-8-17/h5-8,15,18-19,23H,2-4,9-14H2,1H3/t15-,18-,19+/m1/s1. The average molecular weight is 336 g/mol. The van der Waals surface area contributed by atoms with E-state index in [2.05, 4.69) is 16.7 Å². The Morgan fingerprint density at radius 1 is 1.17 bits per heavy atom. The highest BCUT2D eigenvalue weighted by molar-refractivity contribution is 5.46. The highest BCUT2D eigenvalue weighted by Crippen LogP contribution is 2.27. The highest BCUT2D eigenvalue weighted by atomic mass is 19.1. The van der Waals surface area contributed by atoms with E-state index in [9.17, 15) is 9.50 Å². The van der Waals surface area contributed by atoms with Crippen LogP contribution >= 0.6 is 0 Å². The van der Waals surface area contributed by atoms with Crippen LogP contribution in [0.25, 0.3) is 0 Å². The number of benzene rings is 1. The van der Waals surface area contributed by atoms with Crippen LogP contribution in [0, 0.1) is 11.7 Å². The Balaban J connectivity index is 1.37. The third kappa shape index (κ3) is 4.68. The highest BCUT2D eigenvalue weighted by Gasteiger charge is 2.25. The summed E-state index contributed by atoms with van der Waals surface area (Å²) in [5.74, 6) is 0.425. The van der Waals surface area contributed by atoms with Crippen LogP contribution in [0.5, 0.6) is 0 Å². The van der Waals surface area contributed by atoms with Crippen molar-refractivity contribution in [2.24, 2.45) is 5.92 Å². The average Bonchev–Trinajstić information content (AvgIpc) is 3.00. The third-order valence-corrected chi connectivity index (χ3v) is 5.32. The van der Waals surface area contributed by atoms with E-state index in [4.69, 9.17) is 4.74 Å². The van der Waals surface area contributed by atoms with Crippen molar-refractivity contribution in [3.8, 4) is 0 Å². The van der Waals surface area contributed by atoms with Gasteiger partial charge in [0.15, 0.2) is 0 Å². The predicted molar refractivity (Wildman–Crippen MR) is 93.8 cm³/mol. The molecule has 1 heterocycles. The van der Waals surface area contributed by atoms with Gasteiger partial charge < -0.3 is 14.7 Å². The zero-order valence-corrected chi connectivity index (χ0v) is 14.5. The van der Waals surface area contributed by atoms with Crippen LogP contribution in [0.4, 0.5) is 10.1 Å². The fourth-order valence-corrected chi connectivity index (χ4v) is 3.78. The van der Waals surface area contributed by atoms with Gasteiger partial charge in [-0.2, -0.15) is 0 Å². The zero-order valence-electron chi connectivity index (χ0n) is 14.5. The Morgan fingerprint density at radius 2 is 1.88 bits per heavy atom. The molecule has 1 N–H and O–H groups in total. The van der Waals surface area contributed by atoms with Crippen molar-refractivity contribution < 1.29 is 14.2 Å². The quantitative estimate of drug-likeness (QED) is 0.866. The minimum atomic E-state index is -0.421. The topological polar surface area (TPSA) is 35.9 Å². The van der Waals surface area contributed by atoms with Crippen LogP contribution in [0.2, 0.25) is 0 Å². The number of rotatable bonds is 6. The van der Waals surface area contributed by atoms with E-state index < -0.39 is 6.10 Å². The van der Waals surface area contributed by atoms with Gasteiger partial charge in [-0.1, -0.05) is 13.3 Å². The zero-order chi connectivity index (χ0) is 16.9. The molecule has 0 bridgehead atoms. The maximum atomic E-state index is 13.0. The van der Waals surface area contributed by atoms with Crippen molar-refractivity contribution >= 4 is 5.69 Å². The largest absolute Gasteiger partial charge is 0.389 e. The molecule has 4 nitrogen and oxygen atoms in total. The summed E-state index contributed by atoms with van der Waals surface area (Å²) in [6.45, 7) is 6.96. The number of hydrogen-bond donors (Lipinski definition) is 1. The molecule has 0 radical (unpaired) electrons. The maximum Gasteiger partial charge on any atom is 0.123 e. The van der Waals surface area contributed by atoms with Gasteiger partial charge in [-0.3, -0.25) is 4.90 Å². The third-order valence-electron chi connectivity index (χ3n) is 5.32. The molecule has 0 spiro atoms. The van der Waals surface area contributed by atoms with E-state index in [0.717, 1.165) is 38.3 Å². The second kappa shape index (κ2) is 8.28. The molecule has 1 saturated heterocycles. The lowest BCUT2D eigenvalue weighted by molar-refractivity contribution is -0.0321. The number of aliphatic hydroxyl groups is 1. The minimum absolute atomic E-state index is 0.197. The lowest BCUT2D eigenvalue weighted by Gasteiger charge is -2.37. The van der Waals surface area contributed by atoms with Gasteiger partial charge in [0, 0.05) is 38.4 Å². The molecule has 1 aromatic carbocycles. The maximum absolute atomic E-state index is 13.0. The molecular formula is C19H29FN2O2. The lowest BCUT2D eigenvalue weighted by Crippen LogP contribution is -2.49. The second-order valence-electron chi connectivity index (χ2n) is 7.20. The first-order chi connectivity index (χ1) is 11.6. The number of ether oxygens (including phenoxy) is 1. The van der Waals surface area contributed by atoms with Crippen LogP contribution in [0.3, 0.4) is 0 Å². The number of halogens is 1. The van der Waals surface area contributed by atoms with Gasteiger partial charge in [-0.05, 0) is 43.0 Å². The predicted octanol–water partition coefficient (Wildman–Crippen LogP) is 2.51. The first kappa shape index (κ1) is 17.6. The Labute approximate surface area is 144 Å². The van der Waals surface area contributed by atoms with E-state index >= 15 is 0 Å². The first-order valence-electron chi connectivity index (χ1n) is 9.14. The Hall–Kier alpha value is -1.17. The first-order valence-corrected chi connectivity index (χ1v) is 9.14. The van der Waals surface area contributed by atoms with E-state index in [1.807, 2.05) is 12.1 Å². The molecule has 24 heavy (non-hydrogen) atoms. The summed E-state index contributed by atoms with van der Waals surface area (Å²) in [5.41, 5.74) is 1.06. The van der Waals surface area contributed by atoms with Crippen molar-refractivity contribution in [2.45, 2.75) is 38.4 Å². The Morgan fingerprint density at radius 3 is 2.50 bits per heavy atom. The van der Waals surface area contributed by atoms with E-state index in [-0.39, 0.29) is 5.82 Å².